The second-order valence-corrected chi connectivity index (χ2v) is 4.40. The molecular formula is C13H16F2N2O2. The SMILES string of the molecule is O=C(Nc1cccc(OC(F)F)c1)[C@@H]1CCCCN1. The van der Waals surface area contributed by atoms with Crippen molar-refractivity contribution in [1.82, 2.24) is 5.32 Å². The molecule has 0 radical (unpaired) electrons. The summed E-state index contributed by atoms with van der Waals surface area (Å²) < 4.78 is 28.5. The summed E-state index contributed by atoms with van der Waals surface area (Å²) in [7, 11) is 0. The molecule has 6 heteroatoms. The Morgan fingerprint density at radius 3 is 2.95 bits per heavy atom. The Balaban J connectivity index is 1.96. The van der Waals surface area contributed by atoms with Crippen LogP contribution in [0.25, 0.3) is 0 Å². The normalized spacial score (nSPS) is 19.2. The highest BCUT2D eigenvalue weighted by molar-refractivity contribution is 5.95. The minimum Gasteiger partial charge on any atom is -0.435 e. The highest BCUT2D eigenvalue weighted by Crippen LogP contribution is 2.20. The Morgan fingerprint density at radius 1 is 1.42 bits per heavy atom. The van der Waals surface area contributed by atoms with E-state index in [1.807, 2.05) is 0 Å². The average molecular weight is 270 g/mol. The molecule has 1 aliphatic heterocycles. The number of halogens is 2. The summed E-state index contributed by atoms with van der Waals surface area (Å²) in [6, 6.07) is 5.78. The van der Waals surface area contributed by atoms with Crippen molar-refractivity contribution < 1.29 is 18.3 Å². The topological polar surface area (TPSA) is 50.4 Å². The second kappa shape index (κ2) is 6.47. The monoisotopic (exact) mass is 270 g/mol. The van der Waals surface area contributed by atoms with E-state index in [0.29, 0.717) is 5.69 Å². The van der Waals surface area contributed by atoms with Gasteiger partial charge in [0.1, 0.15) is 5.75 Å². The maximum atomic E-state index is 12.1. The summed E-state index contributed by atoms with van der Waals surface area (Å²) in [6.07, 6.45) is 2.88. The minimum absolute atomic E-state index is 0.0319. The highest BCUT2D eigenvalue weighted by Gasteiger charge is 2.20. The van der Waals surface area contributed by atoms with Gasteiger partial charge in [-0.2, -0.15) is 8.78 Å². The lowest BCUT2D eigenvalue weighted by molar-refractivity contribution is -0.118. The Morgan fingerprint density at radius 2 is 2.26 bits per heavy atom. The first kappa shape index (κ1) is 13.7. The zero-order chi connectivity index (χ0) is 13.7. The van der Waals surface area contributed by atoms with E-state index >= 15 is 0 Å². The van der Waals surface area contributed by atoms with Crippen LogP contribution in [0.2, 0.25) is 0 Å². The molecule has 0 aromatic heterocycles. The first-order valence-electron chi connectivity index (χ1n) is 6.24. The Hall–Kier alpha value is -1.69. The van der Waals surface area contributed by atoms with Crippen LogP contribution in [0.15, 0.2) is 24.3 Å². The van der Waals surface area contributed by atoms with Crippen molar-refractivity contribution in [3.8, 4) is 5.75 Å². The third-order valence-corrected chi connectivity index (χ3v) is 2.95. The molecule has 1 saturated heterocycles. The molecule has 0 bridgehead atoms. The van der Waals surface area contributed by atoms with Crippen molar-refractivity contribution in [2.45, 2.75) is 31.9 Å². The Kier molecular flexibility index (Phi) is 4.68. The number of ether oxygens (including phenoxy) is 1. The van der Waals surface area contributed by atoms with Crippen LogP contribution in [0.1, 0.15) is 19.3 Å². The molecule has 19 heavy (non-hydrogen) atoms. The number of benzene rings is 1. The van der Waals surface area contributed by atoms with Gasteiger partial charge >= 0.3 is 6.61 Å². The number of piperidine rings is 1. The number of hydrogen-bond acceptors (Lipinski definition) is 3. The van der Waals surface area contributed by atoms with Crippen LogP contribution in [0.3, 0.4) is 0 Å². The van der Waals surface area contributed by atoms with E-state index in [4.69, 9.17) is 0 Å². The summed E-state index contributed by atoms with van der Waals surface area (Å²) in [5.41, 5.74) is 0.454. The molecular weight excluding hydrogens is 254 g/mol. The van der Waals surface area contributed by atoms with Crippen molar-refractivity contribution in [3.63, 3.8) is 0 Å². The fourth-order valence-electron chi connectivity index (χ4n) is 2.06. The first-order chi connectivity index (χ1) is 9.15. The fraction of sp³-hybridized carbons (Fsp3) is 0.462. The number of amides is 1. The molecule has 2 rings (SSSR count). The van der Waals surface area contributed by atoms with Gasteiger partial charge in [0, 0.05) is 11.8 Å². The van der Waals surface area contributed by atoms with Crippen LogP contribution >= 0.6 is 0 Å². The number of nitrogens with one attached hydrogen (secondary N) is 2. The van der Waals surface area contributed by atoms with Gasteiger partial charge in [0.05, 0.1) is 6.04 Å². The van der Waals surface area contributed by atoms with Gasteiger partial charge in [-0.25, -0.2) is 0 Å². The van der Waals surface area contributed by atoms with E-state index in [9.17, 15) is 13.6 Å². The summed E-state index contributed by atoms with van der Waals surface area (Å²) in [5.74, 6) is -0.113. The quantitative estimate of drug-likeness (QED) is 0.883. The molecule has 104 valence electrons. The van der Waals surface area contributed by atoms with Gasteiger partial charge in [0.25, 0.3) is 0 Å². The maximum Gasteiger partial charge on any atom is 0.387 e. The molecule has 0 aliphatic carbocycles. The standard InChI is InChI=1S/C13H16F2N2O2/c14-13(15)19-10-5-3-4-9(8-10)17-12(18)11-6-1-2-7-16-11/h3-5,8,11,13,16H,1-2,6-7H2,(H,17,18)/t11-/m0/s1. The van der Waals surface area contributed by atoms with Crippen molar-refractivity contribution in [2.75, 3.05) is 11.9 Å². The second-order valence-electron chi connectivity index (χ2n) is 4.40. The number of anilines is 1. The van der Waals surface area contributed by atoms with Gasteiger partial charge in [-0.05, 0) is 31.5 Å². The highest BCUT2D eigenvalue weighted by atomic mass is 19.3. The predicted molar refractivity (Wildman–Crippen MR) is 67.3 cm³/mol. The molecule has 1 heterocycles. The molecule has 0 spiro atoms. The van der Waals surface area contributed by atoms with Gasteiger partial charge < -0.3 is 15.4 Å². The van der Waals surface area contributed by atoms with Crippen LogP contribution in [0.5, 0.6) is 5.75 Å². The number of carbonyl (C=O) groups excluding carboxylic acids is 1. The van der Waals surface area contributed by atoms with Crippen molar-refractivity contribution >= 4 is 11.6 Å². The third kappa shape index (κ3) is 4.17. The van der Waals surface area contributed by atoms with Crippen LogP contribution in [-0.4, -0.2) is 25.1 Å². The van der Waals surface area contributed by atoms with E-state index in [1.165, 1.54) is 12.1 Å². The Labute approximate surface area is 110 Å². The fourth-order valence-corrected chi connectivity index (χ4v) is 2.06. The van der Waals surface area contributed by atoms with Gasteiger partial charge in [-0.15, -0.1) is 0 Å². The zero-order valence-electron chi connectivity index (χ0n) is 10.4. The Bertz CT molecular complexity index is 434. The number of rotatable bonds is 4. The lowest BCUT2D eigenvalue weighted by Crippen LogP contribution is -2.43. The van der Waals surface area contributed by atoms with Crippen molar-refractivity contribution in [1.29, 1.82) is 0 Å². The van der Waals surface area contributed by atoms with Crippen LogP contribution < -0.4 is 15.4 Å². The van der Waals surface area contributed by atoms with Crippen LogP contribution in [0, 0.1) is 0 Å². The molecule has 2 N–H and O–H groups in total. The van der Waals surface area contributed by atoms with Crippen LogP contribution in [-0.2, 0) is 4.79 Å². The van der Waals surface area contributed by atoms with E-state index < -0.39 is 6.61 Å². The maximum absolute atomic E-state index is 12.1. The third-order valence-electron chi connectivity index (χ3n) is 2.95. The molecule has 0 unspecified atom stereocenters. The smallest absolute Gasteiger partial charge is 0.387 e. The molecule has 1 atom stereocenters. The molecule has 1 amide bonds. The van der Waals surface area contributed by atoms with Gasteiger partial charge in [0.15, 0.2) is 0 Å². The summed E-state index contributed by atoms with van der Waals surface area (Å²) >= 11 is 0. The van der Waals surface area contributed by atoms with Crippen molar-refractivity contribution in [2.24, 2.45) is 0 Å². The largest absolute Gasteiger partial charge is 0.435 e. The molecule has 1 aromatic rings. The number of hydrogen-bond donors (Lipinski definition) is 2. The van der Waals surface area contributed by atoms with Gasteiger partial charge in [-0.3, -0.25) is 4.79 Å². The van der Waals surface area contributed by atoms with E-state index in [0.717, 1.165) is 25.8 Å². The summed E-state index contributed by atoms with van der Waals surface area (Å²) in [6.45, 7) is -2.04. The average Bonchev–Trinajstić information content (AvgIpc) is 2.39. The molecule has 4 nitrogen and oxygen atoms in total. The zero-order valence-corrected chi connectivity index (χ0v) is 10.4. The van der Waals surface area contributed by atoms with Crippen molar-refractivity contribution in [3.05, 3.63) is 24.3 Å². The molecule has 1 fully saturated rings. The van der Waals surface area contributed by atoms with E-state index in [-0.39, 0.29) is 17.7 Å². The predicted octanol–water partition coefficient (Wildman–Crippen LogP) is 2.37. The molecule has 1 aliphatic rings. The van der Waals surface area contributed by atoms with E-state index in [2.05, 4.69) is 15.4 Å². The lowest BCUT2D eigenvalue weighted by Gasteiger charge is -2.22. The number of carbonyl (C=O) groups is 1. The molecule has 1 aromatic carbocycles. The lowest BCUT2D eigenvalue weighted by atomic mass is 10.0. The first-order valence-corrected chi connectivity index (χ1v) is 6.24. The van der Waals surface area contributed by atoms with Crippen LogP contribution in [0.4, 0.5) is 14.5 Å². The van der Waals surface area contributed by atoms with E-state index in [1.54, 1.807) is 12.1 Å². The van der Waals surface area contributed by atoms with Gasteiger partial charge in [0.2, 0.25) is 5.91 Å². The summed E-state index contributed by atoms with van der Waals surface area (Å²) in [4.78, 5) is 11.9. The number of alkyl halides is 2. The summed E-state index contributed by atoms with van der Waals surface area (Å²) in [5, 5.41) is 5.82. The minimum atomic E-state index is -2.87. The molecule has 0 saturated carbocycles. The van der Waals surface area contributed by atoms with Gasteiger partial charge in [-0.1, -0.05) is 12.5 Å².